The molecule has 0 radical (unpaired) electrons. The molecule has 0 atom stereocenters. The Balaban J connectivity index is 0.000000982. The second kappa shape index (κ2) is 8.41. The van der Waals surface area contributed by atoms with Crippen molar-refractivity contribution in [1.29, 1.82) is 0 Å². The van der Waals surface area contributed by atoms with Crippen LogP contribution in [0.25, 0.3) is 5.57 Å². The van der Waals surface area contributed by atoms with Gasteiger partial charge in [-0.15, -0.1) is 0 Å². The van der Waals surface area contributed by atoms with Crippen LogP contribution in [0.1, 0.15) is 38.3 Å². The van der Waals surface area contributed by atoms with Crippen molar-refractivity contribution in [3.8, 4) is 0 Å². The molecule has 0 amide bonds. The van der Waals surface area contributed by atoms with Gasteiger partial charge in [-0.25, -0.2) is 8.78 Å². The Hall–Kier alpha value is -1.70. The molecule has 2 heteroatoms. The molecule has 104 valence electrons. The third kappa shape index (κ3) is 5.64. The van der Waals surface area contributed by atoms with E-state index in [0.29, 0.717) is 5.56 Å². The molecule has 0 unspecified atom stereocenters. The highest BCUT2D eigenvalue weighted by molar-refractivity contribution is 5.76. The van der Waals surface area contributed by atoms with Crippen LogP contribution in [0.4, 0.5) is 8.78 Å². The molecule has 0 spiro atoms. The average Bonchev–Trinajstić information content (AvgIpc) is 2.38. The maximum Gasteiger partial charge on any atom is 0.166 e. The zero-order valence-electron chi connectivity index (χ0n) is 12.2. The topological polar surface area (TPSA) is 0 Å². The van der Waals surface area contributed by atoms with Gasteiger partial charge in [0.15, 0.2) is 11.7 Å². The maximum atomic E-state index is 13.6. The number of aryl methyl sites for hydroxylation is 1. The Morgan fingerprint density at radius 3 is 1.79 bits per heavy atom. The van der Waals surface area contributed by atoms with Crippen LogP contribution in [-0.2, 0) is 0 Å². The van der Waals surface area contributed by atoms with Gasteiger partial charge < -0.3 is 0 Å². The van der Waals surface area contributed by atoms with Crippen molar-refractivity contribution in [1.82, 2.24) is 0 Å². The summed E-state index contributed by atoms with van der Waals surface area (Å²) in [5.74, 6) is -1.89. The molecule has 0 aliphatic rings. The van der Waals surface area contributed by atoms with E-state index in [-0.39, 0.29) is 11.1 Å². The Morgan fingerprint density at radius 1 is 1.00 bits per heavy atom. The molecule has 0 bridgehead atoms. The Kier molecular flexibility index (Phi) is 7.66. The van der Waals surface area contributed by atoms with E-state index >= 15 is 0 Å². The van der Waals surface area contributed by atoms with E-state index in [9.17, 15) is 8.78 Å². The molecule has 0 fully saturated rings. The highest BCUT2D eigenvalue weighted by Gasteiger charge is 2.12. The van der Waals surface area contributed by atoms with E-state index in [1.54, 1.807) is 12.1 Å². The van der Waals surface area contributed by atoms with Gasteiger partial charge in [-0.1, -0.05) is 63.3 Å². The fourth-order valence-corrected chi connectivity index (χ4v) is 1.20. The second-order valence-corrected chi connectivity index (χ2v) is 4.46. The van der Waals surface area contributed by atoms with E-state index in [2.05, 4.69) is 27.0 Å². The van der Waals surface area contributed by atoms with Crippen molar-refractivity contribution >= 4 is 5.57 Å². The van der Waals surface area contributed by atoms with E-state index in [4.69, 9.17) is 0 Å². The minimum Gasteiger partial charge on any atom is -0.203 e. The van der Waals surface area contributed by atoms with Crippen LogP contribution in [-0.4, -0.2) is 0 Å². The van der Waals surface area contributed by atoms with Crippen molar-refractivity contribution in [3.63, 3.8) is 0 Å². The lowest BCUT2D eigenvalue weighted by molar-refractivity contribution is 0.569. The number of hydrogen-bond donors (Lipinski definition) is 0. The maximum absolute atomic E-state index is 13.6. The zero-order valence-corrected chi connectivity index (χ0v) is 12.2. The fourth-order valence-electron chi connectivity index (χ4n) is 1.20. The molecule has 0 aliphatic carbocycles. The van der Waals surface area contributed by atoms with E-state index < -0.39 is 11.7 Å². The van der Waals surface area contributed by atoms with Gasteiger partial charge >= 0.3 is 0 Å². The highest BCUT2D eigenvalue weighted by atomic mass is 19.2. The van der Waals surface area contributed by atoms with Crippen molar-refractivity contribution in [3.05, 3.63) is 65.8 Å². The van der Waals surface area contributed by atoms with Gasteiger partial charge in [-0.3, -0.25) is 0 Å². The van der Waals surface area contributed by atoms with Crippen LogP contribution >= 0.6 is 0 Å². The molecule has 0 aromatic heterocycles. The summed E-state index contributed by atoms with van der Waals surface area (Å²) in [4.78, 5) is 0. The molecule has 1 aromatic carbocycles. The van der Waals surface area contributed by atoms with Crippen molar-refractivity contribution in [2.24, 2.45) is 0 Å². The molecule has 1 rings (SSSR count). The monoisotopic (exact) mass is 264 g/mol. The number of halogens is 2. The third-order valence-electron chi connectivity index (χ3n) is 2.23. The average molecular weight is 264 g/mol. The first-order chi connectivity index (χ1) is 8.84. The molecular formula is C17H22F2. The Bertz CT molecular complexity index is 465. The molecule has 0 saturated carbocycles. The molecule has 0 aliphatic heterocycles. The van der Waals surface area contributed by atoms with Crippen LogP contribution in [0.5, 0.6) is 0 Å². The largest absolute Gasteiger partial charge is 0.203 e. The summed E-state index contributed by atoms with van der Waals surface area (Å²) in [7, 11) is 0. The quantitative estimate of drug-likeness (QED) is 0.574. The lowest BCUT2D eigenvalue weighted by atomic mass is 10.0. The minimum atomic E-state index is -0.948. The number of allylic oxidation sites excluding steroid dienone is 4. The molecule has 0 nitrogen and oxygen atoms in total. The molecule has 0 saturated heterocycles. The van der Waals surface area contributed by atoms with E-state index in [1.807, 2.05) is 19.1 Å². The van der Waals surface area contributed by atoms with E-state index in [0.717, 1.165) is 5.56 Å². The molecule has 0 heterocycles. The van der Waals surface area contributed by atoms with Crippen LogP contribution in [0.2, 0.25) is 0 Å². The summed E-state index contributed by atoms with van der Waals surface area (Å²) in [5.41, 5.74) is 1.73. The van der Waals surface area contributed by atoms with Crippen LogP contribution in [0.3, 0.4) is 0 Å². The SMILES string of the molecule is C=C(C)/C(F)=C(/F)C(=C)c1ccc(C)cc1.CCC. The van der Waals surface area contributed by atoms with Crippen molar-refractivity contribution < 1.29 is 8.78 Å². The molecular weight excluding hydrogens is 242 g/mol. The predicted octanol–water partition coefficient (Wildman–Crippen LogP) is 6.15. The fraction of sp³-hybridized carbons (Fsp3) is 0.294. The predicted molar refractivity (Wildman–Crippen MR) is 80.2 cm³/mol. The molecule has 1 aromatic rings. The summed E-state index contributed by atoms with van der Waals surface area (Å²) in [6.45, 7) is 14.5. The number of rotatable bonds is 3. The van der Waals surface area contributed by atoms with E-state index in [1.165, 1.54) is 13.3 Å². The zero-order chi connectivity index (χ0) is 15.0. The summed E-state index contributed by atoms with van der Waals surface area (Å²) >= 11 is 0. The molecule has 19 heavy (non-hydrogen) atoms. The summed E-state index contributed by atoms with van der Waals surface area (Å²) in [5, 5.41) is 0. The Morgan fingerprint density at radius 2 is 1.42 bits per heavy atom. The standard InChI is InChI=1S/C14H14F2.C3H8/c1-9(2)13(15)14(16)11(4)12-7-5-10(3)6-8-12;1-3-2/h5-8H,1,4H2,2-3H3;3H2,1-2H3/b14-13-;. The lowest BCUT2D eigenvalue weighted by Gasteiger charge is -2.05. The van der Waals surface area contributed by atoms with Gasteiger partial charge in [0.1, 0.15) is 0 Å². The second-order valence-electron chi connectivity index (χ2n) is 4.46. The van der Waals surface area contributed by atoms with Gasteiger partial charge in [0.05, 0.1) is 0 Å². The third-order valence-corrected chi connectivity index (χ3v) is 2.23. The molecule has 0 N–H and O–H groups in total. The highest BCUT2D eigenvalue weighted by Crippen LogP contribution is 2.28. The van der Waals surface area contributed by atoms with Crippen LogP contribution in [0.15, 0.2) is 54.7 Å². The van der Waals surface area contributed by atoms with Crippen molar-refractivity contribution in [2.75, 3.05) is 0 Å². The first kappa shape index (κ1) is 17.3. The first-order valence-corrected chi connectivity index (χ1v) is 6.32. The van der Waals surface area contributed by atoms with Gasteiger partial charge in [0, 0.05) is 5.57 Å². The summed E-state index contributed by atoms with van der Waals surface area (Å²) < 4.78 is 26.8. The summed E-state index contributed by atoms with van der Waals surface area (Å²) in [6, 6.07) is 7.07. The van der Waals surface area contributed by atoms with Gasteiger partial charge in [0.2, 0.25) is 0 Å². The van der Waals surface area contributed by atoms with Gasteiger partial charge in [0.25, 0.3) is 0 Å². The van der Waals surface area contributed by atoms with Crippen molar-refractivity contribution in [2.45, 2.75) is 34.1 Å². The van der Waals surface area contributed by atoms with Crippen LogP contribution in [0, 0.1) is 6.92 Å². The first-order valence-electron chi connectivity index (χ1n) is 6.32. The normalized spacial score (nSPS) is 11.1. The smallest absolute Gasteiger partial charge is 0.166 e. The van der Waals surface area contributed by atoms with Gasteiger partial charge in [-0.05, 0) is 25.0 Å². The summed E-state index contributed by atoms with van der Waals surface area (Å²) in [6.07, 6.45) is 1.25. The number of hydrogen-bond acceptors (Lipinski definition) is 0. The minimum absolute atomic E-state index is 0.0421. The lowest BCUT2D eigenvalue weighted by Crippen LogP contribution is -1.88. The number of benzene rings is 1. The van der Waals surface area contributed by atoms with Gasteiger partial charge in [-0.2, -0.15) is 0 Å². The Labute approximate surface area is 115 Å². The van der Waals surface area contributed by atoms with Crippen LogP contribution < -0.4 is 0 Å².